The van der Waals surface area contributed by atoms with Crippen LogP contribution in [0.25, 0.3) is 0 Å². The molecule has 1 N–H and O–H groups in total. The van der Waals surface area contributed by atoms with Crippen molar-refractivity contribution in [2.75, 3.05) is 20.2 Å². The van der Waals surface area contributed by atoms with E-state index >= 15 is 0 Å². The van der Waals surface area contributed by atoms with Gasteiger partial charge in [0.15, 0.2) is 0 Å². The summed E-state index contributed by atoms with van der Waals surface area (Å²) in [6.07, 6.45) is 5.53. The Morgan fingerprint density at radius 2 is 2.04 bits per heavy atom. The quantitative estimate of drug-likeness (QED) is 0.641. The van der Waals surface area contributed by atoms with Crippen molar-refractivity contribution in [3.05, 3.63) is 59.9 Å². The number of hydrogen-bond donors (Lipinski definition) is 1. The number of benzene rings is 1. The van der Waals surface area contributed by atoms with Crippen LogP contribution in [-0.2, 0) is 6.54 Å². The standard InChI is InChI=1S/C20H24N4O2/c1-26-18-7-5-17(6-8-18)15-24-12-9-16(10-13-24)14-22-23-20(25)19-4-2-3-11-21-19/h2-8,11,14,16H,9-10,12-13,15H2,1H3,(H,23,25). The Kier molecular flexibility index (Phi) is 6.33. The van der Waals surface area contributed by atoms with E-state index in [2.05, 4.69) is 32.5 Å². The molecule has 2 aromatic rings. The lowest BCUT2D eigenvalue weighted by Crippen LogP contribution is -2.34. The van der Waals surface area contributed by atoms with E-state index in [0.717, 1.165) is 38.2 Å². The number of ether oxygens (including phenoxy) is 1. The summed E-state index contributed by atoms with van der Waals surface area (Å²) >= 11 is 0. The normalized spacial score (nSPS) is 15.9. The fraction of sp³-hybridized carbons (Fsp3) is 0.350. The molecule has 1 amide bonds. The van der Waals surface area contributed by atoms with Crippen LogP contribution in [0.15, 0.2) is 53.8 Å². The maximum atomic E-state index is 11.9. The van der Waals surface area contributed by atoms with E-state index in [1.54, 1.807) is 31.5 Å². The maximum Gasteiger partial charge on any atom is 0.289 e. The molecule has 1 aliphatic rings. The Hall–Kier alpha value is -2.73. The number of nitrogens with zero attached hydrogens (tertiary/aromatic N) is 3. The lowest BCUT2D eigenvalue weighted by molar-refractivity contribution is 0.0949. The highest BCUT2D eigenvalue weighted by Gasteiger charge is 2.18. The van der Waals surface area contributed by atoms with Crippen LogP contribution in [-0.4, -0.2) is 42.2 Å². The Labute approximate surface area is 153 Å². The van der Waals surface area contributed by atoms with Crippen molar-refractivity contribution in [3.8, 4) is 5.75 Å². The van der Waals surface area contributed by atoms with E-state index in [0.29, 0.717) is 11.6 Å². The molecule has 0 atom stereocenters. The van der Waals surface area contributed by atoms with Gasteiger partial charge in [-0.25, -0.2) is 5.43 Å². The average Bonchev–Trinajstić information content (AvgIpc) is 2.70. The van der Waals surface area contributed by atoms with Crippen LogP contribution in [0, 0.1) is 5.92 Å². The Balaban J connectivity index is 1.41. The number of piperidine rings is 1. The number of nitrogens with one attached hydrogen (secondary N) is 1. The maximum absolute atomic E-state index is 11.9. The molecular weight excluding hydrogens is 328 g/mol. The van der Waals surface area contributed by atoms with Crippen LogP contribution in [0.4, 0.5) is 0 Å². The van der Waals surface area contributed by atoms with Crippen molar-refractivity contribution < 1.29 is 9.53 Å². The second-order valence-corrected chi connectivity index (χ2v) is 6.40. The summed E-state index contributed by atoms with van der Waals surface area (Å²) in [6.45, 7) is 3.00. The number of methoxy groups -OCH3 is 1. The molecular formula is C20H24N4O2. The molecule has 2 heterocycles. The van der Waals surface area contributed by atoms with Gasteiger partial charge in [-0.1, -0.05) is 18.2 Å². The Bertz CT molecular complexity index is 723. The van der Waals surface area contributed by atoms with Crippen molar-refractivity contribution in [1.29, 1.82) is 0 Å². The third kappa shape index (κ3) is 5.13. The molecule has 0 saturated carbocycles. The van der Waals surface area contributed by atoms with E-state index in [1.165, 1.54) is 5.56 Å². The van der Waals surface area contributed by atoms with Crippen LogP contribution in [0.3, 0.4) is 0 Å². The number of likely N-dealkylation sites (tertiary alicyclic amines) is 1. The molecule has 6 heteroatoms. The van der Waals surface area contributed by atoms with Gasteiger partial charge in [0.25, 0.3) is 5.91 Å². The van der Waals surface area contributed by atoms with Gasteiger partial charge in [-0.05, 0) is 61.7 Å². The highest BCUT2D eigenvalue weighted by molar-refractivity contribution is 5.92. The number of carbonyl (C=O) groups is 1. The molecule has 0 unspecified atom stereocenters. The van der Waals surface area contributed by atoms with Crippen molar-refractivity contribution >= 4 is 12.1 Å². The first kappa shape index (κ1) is 18.1. The van der Waals surface area contributed by atoms with Crippen LogP contribution in [0.2, 0.25) is 0 Å². The van der Waals surface area contributed by atoms with E-state index < -0.39 is 0 Å². The van der Waals surface area contributed by atoms with E-state index in [-0.39, 0.29) is 5.91 Å². The molecule has 1 saturated heterocycles. The molecule has 3 rings (SSSR count). The predicted molar refractivity (Wildman–Crippen MR) is 101 cm³/mol. The third-order valence-corrected chi connectivity index (χ3v) is 4.55. The lowest BCUT2D eigenvalue weighted by Gasteiger charge is -2.30. The highest BCUT2D eigenvalue weighted by atomic mass is 16.5. The molecule has 1 fully saturated rings. The van der Waals surface area contributed by atoms with Crippen molar-refractivity contribution in [2.45, 2.75) is 19.4 Å². The number of aromatic nitrogens is 1. The summed E-state index contributed by atoms with van der Waals surface area (Å²) < 4.78 is 5.19. The zero-order valence-electron chi connectivity index (χ0n) is 15.0. The Morgan fingerprint density at radius 3 is 2.69 bits per heavy atom. The molecule has 1 aromatic carbocycles. The van der Waals surface area contributed by atoms with Gasteiger partial charge in [0.05, 0.1) is 7.11 Å². The number of carbonyl (C=O) groups excluding carboxylic acids is 1. The van der Waals surface area contributed by atoms with E-state index in [9.17, 15) is 4.79 Å². The molecule has 6 nitrogen and oxygen atoms in total. The summed E-state index contributed by atoms with van der Waals surface area (Å²) in [5.41, 5.74) is 4.22. The molecule has 0 bridgehead atoms. The van der Waals surface area contributed by atoms with Gasteiger partial charge in [0, 0.05) is 19.0 Å². The van der Waals surface area contributed by atoms with Gasteiger partial charge in [0.2, 0.25) is 0 Å². The number of amides is 1. The number of hydrazone groups is 1. The first-order chi connectivity index (χ1) is 12.7. The zero-order valence-corrected chi connectivity index (χ0v) is 15.0. The minimum absolute atomic E-state index is 0.279. The summed E-state index contributed by atoms with van der Waals surface area (Å²) in [7, 11) is 1.68. The molecule has 0 spiro atoms. The summed E-state index contributed by atoms with van der Waals surface area (Å²) in [6, 6.07) is 13.4. The monoisotopic (exact) mass is 352 g/mol. The first-order valence-electron chi connectivity index (χ1n) is 8.84. The van der Waals surface area contributed by atoms with Crippen LogP contribution in [0.1, 0.15) is 28.9 Å². The van der Waals surface area contributed by atoms with Crippen LogP contribution >= 0.6 is 0 Å². The smallest absolute Gasteiger partial charge is 0.289 e. The molecule has 0 radical (unpaired) electrons. The van der Waals surface area contributed by atoms with Gasteiger partial charge in [0.1, 0.15) is 11.4 Å². The third-order valence-electron chi connectivity index (χ3n) is 4.55. The van der Waals surface area contributed by atoms with E-state index in [4.69, 9.17) is 4.74 Å². The summed E-state index contributed by atoms with van der Waals surface area (Å²) in [4.78, 5) is 18.3. The second-order valence-electron chi connectivity index (χ2n) is 6.40. The molecule has 0 aliphatic carbocycles. The first-order valence-corrected chi connectivity index (χ1v) is 8.84. The SMILES string of the molecule is COc1ccc(CN2CCC(C=NNC(=O)c3ccccn3)CC2)cc1. The van der Waals surface area contributed by atoms with Crippen molar-refractivity contribution in [1.82, 2.24) is 15.3 Å². The minimum atomic E-state index is -0.279. The summed E-state index contributed by atoms with van der Waals surface area (Å²) in [5, 5.41) is 4.10. The Morgan fingerprint density at radius 1 is 1.27 bits per heavy atom. The average molecular weight is 352 g/mol. The van der Waals surface area contributed by atoms with Crippen LogP contribution < -0.4 is 10.2 Å². The van der Waals surface area contributed by atoms with Gasteiger partial charge in [-0.3, -0.25) is 14.7 Å². The van der Waals surface area contributed by atoms with Gasteiger partial charge >= 0.3 is 0 Å². The second kappa shape index (κ2) is 9.10. The molecule has 1 aromatic heterocycles. The van der Waals surface area contributed by atoms with E-state index in [1.807, 2.05) is 18.3 Å². The van der Waals surface area contributed by atoms with Gasteiger partial charge in [-0.15, -0.1) is 0 Å². The van der Waals surface area contributed by atoms with Crippen molar-refractivity contribution in [3.63, 3.8) is 0 Å². The zero-order chi connectivity index (χ0) is 18.2. The molecule has 1 aliphatic heterocycles. The fourth-order valence-corrected chi connectivity index (χ4v) is 3.00. The van der Waals surface area contributed by atoms with Gasteiger partial charge < -0.3 is 4.74 Å². The summed E-state index contributed by atoms with van der Waals surface area (Å²) in [5.74, 6) is 1.00. The van der Waals surface area contributed by atoms with Gasteiger partial charge in [-0.2, -0.15) is 5.10 Å². The number of pyridine rings is 1. The topological polar surface area (TPSA) is 66.8 Å². The number of rotatable bonds is 6. The fourth-order valence-electron chi connectivity index (χ4n) is 3.00. The lowest BCUT2D eigenvalue weighted by atomic mass is 9.98. The van der Waals surface area contributed by atoms with Crippen LogP contribution in [0.5, 0.6) is 5.75 Å². The molecule has 26 heavy (non-hydrogen) atoms. The highest BCUT2D eigenvalue weighted by Crippen LogP contribution is 2.19. The minimum Gasteiger partial charge on any atom is -0.497 e. The number of hydrogen-bond acceptors (Lipinski definition) is 5. The van der Waals surface area contributed by atoms with Crippen molar-refractivity contribution in [2.24, 2.45) is 11.0 Å². The predicted octanol–water partition coefficient (Wildman–Crippen LogP) is 2.72. The molecule has 136 valence electrons. The largest absolute Gasteiger partial charge is 0.497 e.